The summed E-state index contributed by atoms with van der Waals surface area (Å²) >= 11 is 0. The maximum absolute atomic E-state index is 5.65. The lowest BCUT2D eigenvalue weighted by Crippen LogP contribution is -2.39. The van der Waals surface area contributed by atoms with E-state index in [1.54, 1.807) is 0 Å². The fraction of sp³-hybridized carbons (Fsp3) is 1.00. The van der Waals surface area contributed by atoms with Gasteiger partial charge in [0.2, 0.25) is 0 Å². The number of rotatable bonds is 4. The Morgan fingerprint density at radius 1 is 1.33 bits per heavy atom. The van der Waals surface area contributed by atoms with Crippen molar-refractivity contribution in [2.45, 2.75) is 32.6 Å². The molecule has 2 heteroatoms. The van der Waals surface area contributed by atoms with Crippen LogP contribution in [0, 0.1) is 11.8 Å². The Hall–Kier alpha value is -0.0800. The maximum Gasteiger partial charge on any atom is -0.000823 e. The molecule has 0 radical (unpaired) electrons. The molecule has 1 heterocycles. The first-order chi connectivity index (χ1) is 5.86. The third kappa shape index (κ3) is 3.11. The average Bonchev–Trinajstić information content (AvgIpc) is 2.15. The molecule has 0 bridgehead atoms. The highest BCUT2D eigenvalue weighted by molar-refractivity contribution is 4.76. The van der Waals surface area contributed by atoms with Crippen LogP contribution < -0.4 is 11.1 Å². The van der Waals surface area contributed by atoms with E-state index in [1.807, 2.05) is 0 Å². The Labute approximate surface area is 75.9 Å². The van der Waals surface area contributed by atoms with Crippen LogP contribution in [-0.4, -0.2) is 19.6 Å². The zero-order chi connectivity index (χ0) is 8.81. The van der Waals surface area contributed by atoms with Gasteiger partial charge in [0, 0.05) is 0 Å². The molecule has 2 unspecified atom stereocenters. The molecule has 0 spiro atoms. The van der Waals surface area contributed by atoms with Crippen molar-refractivity contribution in [3.63, 3.8) is 0 Å². The van der Waals surface area contributed by atoms with E-state index in [4.69, 9.17) is 5.73 Å². The third-order valence-electron chi connectivity index (χ3n) is 2.83. The van der Waals surface area contributed by atoms with E-state index in [-0.39, 0.29) is 0 Å². The average molecular weight is 170 g/mol. The van der Waals surface area contributed by atoms with Gasteiger partial charge in [-0.15, -0.1) is 0 Å². The lowest BCUT2D eigenvalue weighted by atomic mass is 9.87. The van der Waals surface area contributed by atoms with Crippen molar-refractivity contribution in [3.8, 4) is 0 Å². The molecule has 1 saturated heterocycles. The van der Waals surface area contributed by atoms with E-state index in [2.05, 4.69) is 12.2 Å². The number of nitrogens with two attached hydrogens (primary N) is 1. The monoisotopic (exact) mass is 170 g/mol. The fourth-order valence-electron chi connectivity index (χ4n) is 2.02. The number of unbranched alkanes of at least 4 members (excludes halogenated alkanes) is 1. The highest BCUT2D eigenvalue weighted by Gasteiger charge is 2.19. The van der Waals surface area contributed by atoms with Gasteiger partial charge in [0.1, 0.15) is 0 Å². The molecule has 1 rings (SSSR count). The molecule has 1 fully saturated rings. The standard InChI is InChI=1S/C10H22N2/c1-2-3-4-9-5-10(6-11)8-12-7-9/h9-10,12H,2-8,11H2,1H3. The van der Waals surface area contributed by atoms with E-state index in [1.165, 1.54) is 32.2 Å². The Balaban J connectivity index is 2.16. The summed E-state index contributed by atoms with van der Waals surface area (Å²) in [6.07, 6.45) is 5.44. The number of piperidine rings is 1. The second kappa shape index (κ2) is 5.55. The van der Waals surface area contributed by atoms with Gasteiger partial charge >= 0.3 is 0 Å². The zero-order valence-electron chi connectivity index (χ0n) is 8.18. The zero-order valence-corrected chi connectivity index (χ0v) is 8.18. The van der Waals surface area contributed by atoms with Crippen molar-refractivity contribution in [3.05, 3.63) is 0 Å². The lowest BCUT2D eigenvalue weighted by molar-refractivity contribution is 0.274. The van der Waals surface area contributed by atoms with Crippen molar-refractivity contribution in [2.75, 3.05) is 19.6 Å². The minimum Gasteiger partial charge on any atom is -0.330 e. The van der Waals surface area contributed by atoms with Crippen molar-refractivity contribution >= 4 is 0 Å². The molecular weight excluding hydrogens is 148 g/mol. The Morgan fingerprint density at radius 2 is 2.08 bits per heavy atom. The molecular formula is C10H22N2. The SMILES string of the molecule is CCCCC1CNCC(CN)C1. The molecule has 2 nitrogen and oxygen atoms in total. The normalized spacial score (nSPS) is 30.5. The fourth-order valence-corrected chi connectivity index (χ4v) is 2.02. The summed E-state index contributed by atoms with van der Waals surface area (Å²) in [7, 11) is 0. The predicted octanol–water partition coefficient (Wildman–Crippen LogP) is 1.36. The molecule has 3 N–H and O–H groups in total. The molecule has 0 aromatic carbocycles. The minimum atomic E-state index is 0.737. The summed E-state index contributed by atoms with van der Waals surface area (Å²) in [5, 5.41) is 3.46. The van der Waals surface area contributed by atoms with Crippen molar-refractivity contribution < 1.29 is 0 Å². The second-order valence-electron chi connectivity index (χ2n) is 4.00. The quantitative estimate of drug-likeness (QED) is 0.668. The van der Waals surface area contributed by atoms with Gasteiger partial charge in [0.25, 0.3) is 0 Å². The summed E-state index contributed by atoms with van der Waals surface area (Å²) in [6.45, 7) is 5.47. The second-order valence-corrected chi connectivity index (χ2v) is 4.00. The first kappa shape index (κ1) is 10.0. The molecule has 0 amide bonds. The van der Waals surface area contributed by atoms with E-state index < -0.39 is 0 Å². The summed E-state index contributed by atoms with van der Waals surface area (Å²) in [4.78, 5) is 0. The van der Waals surface area contributed by atoms with Crippen LogP contribution >= 0.6 is 0 Å². The topological polar surface area (TPSA) is 38.0 Å². The molecule has 0 aromatic rings. The van der Waals surface area contributed by atoms with E-state index >= 15 is 0 Å². The van der Waals surface area contributed by atoms with Crippen LogP contribution in [0.1, 0.15) is 32.6 Å². The summed E-state index contributed by atoms with van der Waals surface area (Å²) in [5.41, 5.74) is 5.65. The molecule has 1 aliphatic heterocycles. The first-order valence-corrected chi connectivity index (χ1v) is 5.27. The highest BCUT2D eigenvalue weighted by atomic mass is 14.9. The number of hydrogen-bond acceptors (Lipinski definition) is 2. The Morgan fingerprint density at radius 3 is 2.75 bits per heavy atom. The van der Waals surface area contributed by atoms with Gasteiger partial charge in [0.05, 0.1) is 0 Å². The van der Waals surface area contributed by atoms with Gasteiger partial charge in [0.15, 0.2) is 0 Å². The number of hydrogen-bond donors (Lipinski definition) is 2. The van der Waals surface area contributed by atoms with Crippen LogP contribution in [0.15, 0.2) is 0 Å². The van der Waals surface area contributed by atoms with Crippen molar-refractivity contribution in [2.24, 2.45) is 17.6 Å². The summed E-state index contributed by atoms with van der Waals surface area (Å²) in [5.74, 6) is 1.63. The Kier molecular flexibility index (Phi) is 4.62. The van der Waals surface area contributed by atoms with Gasteiger partial charge in [-0.1, -0.05) is 19.8 Å². The summed E-state index contributed by atoms with van der Waals surface area (Å²) in [6, 6.07) is 0. The van der Waals surface area contributed by atoms with Gasteiger partial charge < -0.3 is 11.1 Å². The van der Waals surface area contributed by atoms with E-state index in [0.29, 0.717) is 0 Å². The predicted molar refractivity (Wildman–Crippen MR) is 53.0 cm³/mol. The van der Waals surface area contributed by atoms with Crippen LogP contribution in [-0.2, 0) is 0 Å². The van der Waals surface area contributed by atoms with Crippen LogP contribution in [0.5, 0.6) is 0 Å². The van der Waals surface area contributed by atoms with Crippen LogP contribution in [0.2, 0.25) is 0 Å². The highest BCUT2D eigenvalue weighted by Crippen LogP contribution is 2.20. The maximum atomic E-state index is 5.65. The lowest BCUT2D eigenvalue weighted by Gasteiger charge is -2.29. The van der Waals surface area contributed by atoms with E-state index in [0.717, 1.165) is 24.9 Å². The molecule has 72 valence electrons. The molecule has 0 saturated carbocycles. The Bertz CT molecular complexity index is 114. The largest absolute Gasteiger partial charge is 0.330 e. The van der Waals surface area contributed by atoms with Gasteiger partial charge in [-0.2, -0.15) is 0 Å². The van der Waals surface area contributed by atoms with E-state index in [9.17, 15) is 0 Å². The smallest absolute Gasteiger partial charge is 0.000823 e. The van der Waals surface area contributed by atoms with Crippen molar-refractivity contribution in [1.82, 2.24) is 5.32 Å². The van der Waals surface area contributed by atoms with Crippen LogP contribution in [0.25, 0.3) is 0 Å². The van der Waals surface area contributed by atoms with Crippen LogP contribution in [0.4, 0.5) is 0 Å². The molecule has 0 aromatic heterocycles. The minimum absolute atomic E-state index is 0.737. The molecule has 2 atom stereocenters. The molecule has 12 heavy (non-hydrogen) atoms. The first-order valence-electron chi connectivity index (χ1n) is 5.27. The van der Waals surface area contributed by atoms with Gasteiger partial charge in [-0.25, -0.2) is 0 Å². The van der Waals surface area contributed by atoms with Gasteiger partial charge in [-0.3, -0.25) is 0 Å². The molecule has 0 aliphatic carbocycles. The third-order valence-corrected chi connectivity index (χ3v) is 2.83. The number of nitrogens with one attached hydrogen (secondary N) is 1. The van der Waals surface area contributed by atoms with Gasteiger partial charge in [-0.05, 0) is 44.3 Å². The van der Waals surface area contributed by atoms with Crippen LogP contribution in [0.3, 0.4) is 0 Å². The van der Waals surface area contributed by atoms with Crippen molar-refractivity contribution in [1.29, 1.82) is 0 Å². The summed E-state index contributed by atoms with van der Waals surface area (Å²) < 4.78 is 0. The molecule has 1 aliphatic rings.